The van der Waals surface area contributed by atoms with E-state index >= 15 is 0 Å². The van der Waals surface area contributed by atoms with Crippen molar-refractivity contribution in [3.8, 4) is 0 Å². The van der Waals surface area contributed by atoms with Crippen molar-refractivity contribution in [3.63, 3.8) is 0 Å². The number of amides is 1. The normalized spacial score (nSPS) is 18.1. The SMILES string of the molecule is CCNCCCC=NC(=O)[C@@](C)(O)CCC1=C(C)C(=O)C(C)=C(C)C1=O. The van der Waals surface area contributed by atoms with Gasteiger partial charge in [0.05, 0.1) is 0 Å². The highest BCUT2D eigenvalue weighted by molar-refractivity contribution is 6.24. The number of ketones is 2. The van der Waals surface area contributed by atoms with Crippen molar-refractivity contribution in [1.29, 1.82) is 0 Å². The molecule has 1 amide bonds. The maximum atomic E-state index is 12.4. The van der Waals surface area contributed by atoms with Crippen molar-refractivity contribution in [1.82, 2.24) is 5.32 Å². The maximum Gasteiger partial charge on any atom is 0.276 e. The molecule has 2 N–H and O–H groups in total. The van der Waals surface area contributed by atoms with Crippen molar-refractivity contribution in [3.05, 3.63) is 22.3 Å². The lowest BCUT2D eigenvalue weighted by Crippen LogP contribution is -2.34. The first-order valence-electron chi connectivity index (χ1n) is 9.10. The fourth-order valence-corrected chi connectivity index (χ4v) is 2.71. The van der Waals surface area contributed by atoms with Gasteiger partial charge in [-0.25, -0.2) is 4.99 Å². The van der Waals surface area contributed by atoms with Gasteiger partial charge in [0.1, 0.15) is 5.60 Å². The molecule has 0 radical (unpaired) electrons. The Morgan fingerprint density at radius 1 is 1.15 bits per heavy atom. The number of hydrogen-bond donors (Lipinski definition) is 2. The number of Topliss-reactive ketones (excluding diaryl/α,β-unsaturated/α-hetero) is 2. The summed E-state index contributed by atoms with van der Waals surface area (Å²) in [5, 5.41) is 13.6. The molecule has 0 fully saturated rings. The Hall–Kier alpha value is -1.92. The van der Waals surface area contributed by atoms with Crippen LogP contribution in [0.4, 0.5) is 0 Å². The van der Waals surface area contributed by atoms with Crippen molar-refractivity contribution in [2.75, 3.05) is 13.1 Å². The molecule has 1 rings (SSSR count). The summed E-state index contributed by atoms with van der Waals surface area (Å²) in [5.41, 5.74) is -0.00518. The zero-order chi connectivity index (χ0) is 19.9. The van der Waals surface area contributed by atoms with Gasteiger partial charge in [0, 0.05) is 28.5 Å². The highest BCUT2D eigenvalue weighted by Gasteiger charge is 2.33. The van der Waals surface area contributed by atoms with Gasteiger partial charge in [-0.15, -0.1) is 0 Å². The van der Waals surface area contributed by atoms with E-state index in [4.69, 9.17) is 0 Å². The molecule has 0 bridgehead atoms. The van der Waals surface area contributed by atoms with Crippen LogP contribution in [0.1, 0.15) is 60.3 Å². The van der Waals surface area contributed by atoms with E-state index in [1.165, 1.54) is 13.1 Å². The molecule has 0 aromatic heterocycles. The minimum atomic E-state index is -1.67. The lowest BCUT2D eigenvalue weighted by atomic mass is 9.82. The summed E-state index contributed by atoms with van der Waals surface area (Å²) in [6.07, 6.45) is 3.23. The number of nitrogens with one attached hydrogen (secondary N) is 1. The summed E-state index contributed by atoms with van der Waals surface area (Å²) < 4.78 is 0. The Morgan fingerprint density at radius 3 is 2.38 bits per heavy atom. The van der Waals surface area contributed by atoms with Gasteiger partial charge >= 0.3 is 0 Å². The zero-order valence-electron chi connectivity index (χ0n) is 16.4. The molecule has 6 nitrogen and oxygen atoms in total. The topological polar surface area (TPSA) is 95.8 Å². The molecule has 144 valence electrons. The third-order valence-corrected chi connectivity index (χ3v) is 4.78. The van der Waals surface area contributed by atoms with Crippen LogP contribution in [-0.4, -0.2) is 47.5 Å². The Balaban J connectivity index is 2.67. The first-order valence-corrected chi connectivity index (χ1v) is 9.10. The van der Waals surface area contributed by atoms with E-state index in [0.717, 1.165) is 19.5 Å². The van der Waals surface area contributed by atoms with Crippen LogP contribution in [0.15, 0.2) is 27.3 Å². The smallest absolute Gasteiger partial charge is 0.276 e. The number of aliphatic imine (C=N–C) groups is 1. The summed E-state index contributed by atoms with van der Waals surface area (Å²) in [6, 6.07) is 0. The fraction of sp³-hybridized carbons (Fsp3) is 0.600. The van der Waals surface area contributed by atoms with Crippen LogP contribution in [-0.2, 0) is 14.4 Å². The van der Waals surface area contributed by atoms with E-state index in [1.54, 1.807) is 20.8 Å². The zero-order valence-corrected chi connectivity index (χ0v) is 16.4. The van der Waals surface area contributed by atoms with Gasteiger partial charge < -0.3 is 10.4 Å². The average Bonchev–Trinajstić information content (AvgIpc) is 2.60. The number of rotatable bonds is 9. The van der Waals surface area contributed by atoms with E-state index < -0.39 is 11.5 Å². The molecule has 1 aliphatic rings. The molecule has 0 unspecified atom stereocenters. The minimum Gasteiger partial charge on any atom is -0.380 e. The third-order valence-electron chi connectivity index (χ3n) is 4.78. The van der Waals surface area contributed by atoms with Gasteiger partial charge in [-0.1, -0.05) is 6.92 Å². The Labute approximate surface area is 155 Å². The number of allylic oxidation sites excluding steroid dienone is 4. The molecule has 1 aliphatic carbocycles. The van der Waals surface area contributed by atoms with Crippen LogP contribution in [0.2, 0.25) is 0 Å². The third kappa shape index (κ3) is 5.54. The van der Waals surface area contributed by atoms with Crippen LogP contribution in [0, 0.1) is 0 Å². The summed E-state index contributed by atoms with van der Waals surface area (Å²) >= 11 is 0. The van der Waals surface area contributed by atoms with E-state index in [-0.39, 0.29) is 24.4 Å². The van der Waals surface area contributed by atoms with Gasteiger partial charge in [0.2, 0.25) is 0 Å². The predicted molar refractivity (Wildman–Crippen MR) is 102 cm³/mol. The summed E-state index contributed by atoms with van der Waals surface area (Å²) in [4.78, 5) is 40.5. The van der Waals surface area contributed by atoms with Crippen LogP contribution in [0.25, 0.3) is 0 Å². The second-order valence-corrected chi connectivity index (χ2v) is 6.90. The van der Waals surface area contributed by atoms with Crippen molar-refractivity contribution < 1.29 is 19.5 Å². The van der Waals surface area contributed by atoms with E-state index in [1.807, 2.05) is 6.92 Å². The van der Waals surface area contributed by atoms with Crippen molar-refractivity contribution >= 4 is 23.7 Å². The largest absolute Gasteiger partial charge is 0.380 e. The predicted octanol–water partition coefficient (Wildman–Crippen LogP) is 2.31. The Bertz CT molecular complexity index is 669. The second-order valence-electron chi connectivity index (χ2n) is 6.90. The van der Waals surface area contributed by atoms with Gasteiger partial charge in [0.15, 0.2) is 11.6 Å². The molecule has 0 spiro atoms. The van der Waals surface area contributed by atoms with Crippen molar-refractivity contribution in [2.24, 2.45) is 4.99 Å². The van der Waals surface area contributed by atoms with Gasteiger partial charge in [-0.2, -0.15) is 0 Å². The molecule has 0 heterocycles. The van der Waals surface area contributed by atoms with Crippen LogP contribution in [0.5, 0.6) is 0 Å². The second kappa shape index (κ2) is 9.69. The van der Waals surface area contributed by atoms with Crippen molar-refractivity contribution in [2.45, 2.75) is 65.9 Å². The number of unbranched alkanes of at least 4 members (excludes halogenated alkanes) is 1. The molecule has 26 heavy (non-hydrogen) atoms. The molecule has 0 saturated heterocycles. The summed E-state index contributed by atoms with van der Waals surface area (Å²) in [7, 11) is 0. The molecule has 0 aliphatic heterocycles. The summed E-state index contributed by atoms with van der Waals surface area (Å²) in [6.45, 7) is 10.0. The number of aliphatic hydroxyl groups is 1. The number of carbonyl (C=O) groups is 3. The lowest BCUT2D eigenvalue weighted by Gasteiger charge is -2.23. The molecular weight excluding hydrogens is 332 g/mol. The number of nitrogens with zero attached hydrogens (tertiary/aromatic N) is 1. The standard InChI is InChI=1S/C20H30N2O4/c1-6-21-11-7-8-12-22-19(25)20(5,26)10-9-16-15(4)17(23)13(2)14(3)18(16)24/h12,21,26H,6-11H2,1-5H3/t20-/m0/s1. The highest BCUT2D eigenvalue weighted by Crippen LogP contribution is 2.29. The summed E-state index contributed by atoms with van der Waals surface area (Å²) in [5.74, 6) is -0.964. The Kier molecular flexibility index (Phi) is 8.24. The van der Waals surface area contributed by atoms with Crippen LogP contribution in [0.3, 0.4) is 0 Å². The maximum absolute atomic E-state index is 12.4. The number of carbonyl (C=O) groups excluding carboxylic acids is 3. The average molecular weight is 362 g/mol. The monoisotopic (exact) mass is 362 g/mol. The van der Waals surface area contributed by atoms with Crippen LogP contribution >= 0.6 is 0 Å². The van der Waals surface area contributed by atoms with Gasteiger partial charge in [0.25, 0.3) is 5.91 Å². The first kappa shape index (κ1) is 22.1. The van der Waals surface area contributed by atoms with Gasteiger partial charge in [-0.3, -0.25) is 14.4 Å². The highest BCUT2D eigenvalue weighted by atomic mass is 16.3. The van der Waals surface area contributed by atoms with E-state index in [9.17, 15) is 19.5 Å². The van der Waals surface area contributed by atoms with E-state index in [2.05, 4.69) is 10.3 Å². The molecule has 0 aromatic carbocycles. The molecule has 1 atom stereocenters. The van der Waals surface area contributed by atoms with Crippen LogP contribution < -0.4 is 5.32 Å². The Morgan fingerprint density at radius 2 is 1.77 bits per heavy atom. The number of hydrogen-bond acceptors (Lipinski definition) is 5. The molecule has 0 aromatic rings. The molecule has 6 heteroatoms. The quantitative estimate of drug-likeness (QED) is 0.373. The van der Waals surface area contributed by atoms with E-state index in [0.29, 0.717) is 28.7 Å². The fourth-order valence-electron chi connectivity index (χ4n) is 2.71. The lowest BCUT2D eigenvalue weighted by molar-refractivity contribution is -0.134. The first-order chi connectivity index (χ1) is 12.1. The molecule has 0 saturated carbocycles. The molecular formula is C20H30N2O4. The minimum absolute atomic E-state index is 0.0403. The van der Waals surface area contributed by atoms with Gasteiger partial charge in [-0.05, 0) is 66.5 Å².